The van der Waals surface area contributed by atoms with Crippen molar-refractivity contribution in [2.24, 2.45) is 0 Å². The summed E-state index contributed by atoms with van der Waals surface area (Å²) in [6.45, 7) is 5.66. The molecule has 0 bridgehead atoms. The van der Waals surface area contributed by atoms with Crippen molar-refractivity contribution < 1.29 is 4.74 Å². The summed E-state index contributed by atoms with van der Waals surface area (Å²) in [5.74, 6) is 0. The monoisotopic (exact) mass is 246 g/mol. The van der Waals surface area contributed by atoms with Crippen LogP contribution in [0, 0.1) is 0 Å². The number of fused-ring (bicyclic) bond motifs is 1. The van der Waals surface area contributed by atoms with Crippen molar-refractivity contribution in [3.63, 3.8) is 0 Å². The fraction of sp³-hybridized carbons (Fsp3) is 0.462. The number of rotatable bonds is 3. The Hall–Kier alpha value is -1.59. The van der Waals surface area contributed by atoms with E-state index in [0.29, 0.717) is 0 Å². The van der Waals surface area contributed by atoms with Crippen LogP contribution in [0.3, 0.4) is 0 Å². The Morgan fingerprint density at radius 2 is 2.06 bits per heavy atom. The molecular weight excluding hydrogens is 228 g/mol. The molecule has 5 heteroatoms. The molecule has 0 amide bonds. The van der Waals surface area contributed by atoms with E-state index < -0.39 is 0 Å². The van der Waals surface area contributed by atoms with E-state index in [-0.39, 0.29) is 0 Å². The maximum absolute atomic E-state index is 5.76. The molecule has 96 valence electrons. The van der Waals surface area contributed by atoms with Gasteiger partial charge in [-0.3, -0.25) is 9.58 Å². The summed E-state index contributed by atoms with van der Waals surface area (Å²) >= 11 is 0. The number of morpholine rings is 1. The molecule has 1 aromatic carbocycles. The zero-order valence-electron chi connectivity index (χ0n) is 10.4. The van der Waals surface area contributed by atoms with Gasteiger partial charge in [0, 0.05) is 30.7 Å². The van der Waals surface area contributed by atoms with Crippen molar-refractivity contribution in [1.29, 1.82) is 0 Å². The molecule has 0 atom stereocenters. The molecule has 5 nitrogen and oxygen atoms in total. The molecule has 1 saturated heterocycles. The van der Waals surface area contributed by atoms with Crippen LogP contribution in [0.15, 0.2) is 24.4 Å². The lowest BCUT2D eigenvalue weighted by atomic mass is 10.2. The summed E-state index contributed by atoms with van der Waals surface area (Å²) in [5, 5.41) is 5.53. The zero-order chi connectivity index (χ0) is 12.4. The topological polar surface area (TPSA) is 56.3 Å². The molecular formula is C13H18N4O. The molecule has 3 rings (SSSR count). The maximum atomic E-state index is 5.76. The molecule has 0 radical (unpaired) electrons. The molecule has 1 fully saturated rings. The fourth-order valence-electron chi connectivity index (χ4n) is 2.34. The number of nitrogen functional groups attached to an aromatic ring is 1. The summed E-state index contributed by atoms with van der Waals surface area (Å²) in [6, 6.07) is 5.93. The molecule has 18 heavy (non-hydrogen) atoms. The first-order valence-electron chi connectivity index (χ1n) is 6.34. The molecule has 1 aliphatic rings. The van der Waals surface area contributed by atoms with Crippen molar-refractivity contribution in [2.75, 3.05) is 38.6 Å². The molecule has 0 saturated carbocycles. The first-order valence-corrected chi connectivity index (χ1v) is 6.34. The summed E-state index contributed by atoms with van der Waals surface area (Å²) in [6.07, 6.45) is 1.88. The number of nitrogens with two attached hydrogens (primary N) is 1. The van der Waals surface area contributed by atoms with Crippen LogP contribution in [0.5, 0.6) is 0 Å². The van der Waals surface area contributed by atoms with Gasteiger partial charge in [-0.2, -0.15) is 5.10 Å². The van der Waals surface area contributed by atoms with Gasteiger partial charge in [0.15, 0.2) is 0 Å². The van der Waals surface area contributed by atoms with E-state index >= 15 is 0 Å². The maximum Gasteiger partial charge on any atom is 0.0684 e. The third-order valence-corrected chi connectivity index (χ3v) is 3.40. The Labute approximate surface area is 106 Å². The molecule has 1 aliphatic heterocycles. The van der Waals surface area contributed by atoms with Gasteiger partial charge in [-0.1, -0.05) is 0 Å². The molecule has 2 N–H and O–H groups in total. The minimum Gasteiger partial charge on any atom is -0.399 e. The van der Waals surface area contributed by atoms with Crippen LogP contribution < -0.4 is 5.73 Å². The number of nitrogens with zero attached hydrogens (tertiary/aromatic N) is 3. The number of aromatic nitrogens is 2. The number of ether oxygens (including phenoxy) is 1. The summed E-state index contributed by atoms with van der Waals surface area (Å²) in [5.41, 5.74) is 7.70. The number of benzene rings is 1. The largest absolute Gasteiger partial charge is 0.399 e. The summed E-state index contributed by atoms with van der Waals surface area (Å²) in [7, 11) is 0. The average Bonchev–Trinajstić information content (AvgIpc) is 2.80. The number of anilines is 1. The van der Waals surface area contributed by atoms with Crippen molar-refractivity contribution >= 4 is 16.6 Å². The van der Waals surface area contributed by atoms with Gasteiger partial charge in [0.25, 0.3) is 0 Å². The van der Waals surface area contributed by atoms with Crippen LogP contribution in [0.4, 0.5) is 5.69 Å². The normalized spacial score (nSPS) is 17.3. The fourth-order valence-corrected chi connectivity index (χ4v) is 2.34. The highest BCUT2D eigenvalue weighted by molar-refractivity contribution is 5.81. The van der Waals surface area contributed by atoms with Gasteiger partial charge in [-0.25, -0.2) is 0 Å². The molecule has 2 aromatic rings. The molecule has 0 aliphatic carbocycles. The molecule has 1 aromatic heterocycles. The Bertz CT molecular complexity index is 531. The van der Waals surface area contributed by atoms with Crippen molar-refractivity contribution in [2.45, 2.75) is 6.54 Å². The third-order valence-electron chi connectivity index (χ3n) is 3.40. The van der Waals surface area contributed by atoms with E-state index in [1.54, 1.807) is 0 Å². The first kappa shape index (κ1) is 11.5. The second kappa shape index (κ2) is 4.96. The van der Waals surface area contributed by atoms with Crippen LogP contribution >= 0.6 is 0 Å². The van der Waals surface area contributed by atoms with Crippen LogP contribution in [-0.4, -0.2) is 47.5 Å². The molecule has 0 unspecified atom stereocenters. The van der Waals surface area contributed by atoms with E-state index in [0.717, 1.165) is 56.0 Å². The Morgan fingerprint density at radius 3 is 2.89 bits per heavy atom. The first-order chi connectivity index (χ1) is 8.83. The number of hydrogen-bond donors (Lipinski definition) is 1. The highest BCUT2D eigenvalue weighted by atomic mass is 16.5. The highest BCUT2D eigenvalue weighted by Gasteiger charge is 2.10. The Balaban J connectivity index is 1.70. The van der Waals surface area contributed by atoms with Gasteiger partial charge in [0.05, 0.1) is 31.5 Å². The van der Waals surface area contributed by atoms with Gasteiger partial charge < -0.3 is 10.5 Å². The van der Waals surface area contributed by atoms with Gasteiger partial charge in [0.2, 0.25) is 0 Å². The summed E-state index contributed by atoms with van der Waals surface area (Å²) in [4.78, 5) is 2.41. The lowest BCUT2D eigenvalue weighted by molar-refractivity contribution is 0.0361. The van der Waals surface area contributed by atoms with Gasteiger partial charge >= 0.3 is 0 Å². The second-order valence-corrected chi connectivity index (χ2v) is 4.64. The lowest BCUT2D eigenvalue weighted by Gasteiger charge is -2.26. The van der Waals surface area contributed by atoms with E-state index in [2.05, 4.69) is 10.00 Å². The lowest BCUT2D eigenvalue weighted by Crippen LogP contribution is -2.38. The van der Waals surface area contributed by atoms with Crippen molar-refractivity contribution in [3.8, 4) is 0 Å². The summed E-state index contributed by atoms with van der Waals surface area (Å²) < 4.78 is 7.39. The van der Waals surface area contributed by atoms with Crippen LogP contribution in [0.25, 0.3) is 10.9 Å². The van der Waals surface area contributed by atoms with E-state index in [1.165, 1.54) is 0 Å². The van der Waals surface area contributed by atoms with Gasteiger partial charge in [0.1, 0.15) is 0 Å². The third kappa shape index (κ3) is 2.32. The van der Waals surface area contributed by atoms with Crippen molar-refractivity contribution in [1.82, 2.24) is 14.7 Å². The Kier molecular flexibility index (Phi) is 3.17. The second-order valence-electron chi connectivity index (χ2n) is 4.64. The standard InChI is InChI=1S/C13H18N4O/c14-12-1-2-13-11(9-12)10-15-17(13)4-3-16-5-7-18-8-6-16/h1-2,9-10H,3-8,14H2. The quantitative estimate of drug-likeness (QED) is 0.819. The van der Waals surface area contributed by atoms with Crippen molar-refractivity contribution in [3.05, 3.63) is 24.4 Å². The van der Waals surface area contributed by atoms with E-state index in [1.807, 2.05) is 29.1 Å². The van der Waals surface area contributed by atoms with Crippen LogP contribution in [0.1, 0.15) is 0 Å². The predicted octanol–water partition coefficient (Wildman–Crippen LogP) is 0.951. The minimum atomic E-state index is 0.787. The van der Waals surface area contributed by atoms with Crippen LogP contribution in [-0.2, 0) is 11.3 Å². The minimum absolute atomic E-state index is 0.787. The zero-order valence-corrected chi connectivity index (χ0v) is 10.4. The van der Waals surface area contributed by atoms with Gasteiger partial charge in [-0.15, -0.1) is 0 Å². The van der Waals surface area contributed by atoms with Gasteiger partial charge in [-0.05, 0) is 18.2 Å². The SMILES string of the molecule is Nc1ccc2c(cnn2CCN2CCOCC2)c1. The average molecular weight is 246 g/mol. The predicted molar refractivity (Wildman–Crippen MR) is 71.4 cm³/mol. The van der Waals surface area contributed by atoms with E-state index in [9.17, 15) is 0 Å². The molecule has 0 spiro atoms. The highest BCUT2D eigenvalue weighted by Crippen LogP contribution is 2.16. The smallest absolute Gasteiger partial charge is 0.0684 e. The van der Waals surface area contributed by atoms with Crippen LogP contribution in [0.2, 0.25) is 0 Å². The Morgan fingerprint density at radius 1 is 1.22 bits per heavy atom. The molecule has 2 heterocycles. The number of hydrogen-bond acceptors (Lipinski definition) is 4. The van der Waals surface area contributed by atoms with E-state index in [4.69, 9.17) is 10.5 Å².